The minimum absolute atomic E-state index is 0.920. The van der Waals surface area contributed by atoms with Gasteiger partial charge in [0.05, 0.1) is 0 Å². The van der Waals surface area contributed by atoms with Crippen molar-refractivity contribution in [2.75, 3.05) is 4.90 Å². The lowest BCUT2D eigenvalue weighted by Crippen LogP contribution is -2.09. The standard InChI is InChI=1S/C42H31NO/c1-28-12-19-35(20-13-28)43(37-23-18-33-26-32(14-15-34(33)27-37)30-8-4-3-5-9-30)36-21-16-31(17-22-36)39-24-29(2)25-41-42(39)38-10-6-7-11-40(38)44-41/h3-27H,1-2H3. The first-order chi connectivity index (χ1) is 21.6. The number of furan rings is 1. The molecule has 7 aromatic carbocycles. The SMILES string of the molecule is Cc1ccc(N(c2ccc(-c3cc(C)cc4oc5ccccc5c34)cc2)c2ccc3cc(-c4ccccc4)ccc3c2)cc1. The van der Waals surface area contributed by atoms with Gasteiger partial charge >= 0.3 is 0 Å². The normalized spacial score (nSPS) is 11.4. The van der Waals surface area contributed by atoms with Crippen molar-refractivity contribution in [2.24, 2.45) is 0 Å². The molecule has 0 unspecified atom stereocenters. The van der Waals surface area contributed by atoms with Crippen molar-refractivity contribution in [2.45, 2.75) is 13.8 Å². The van der Waals surface area contributed by atoms with E-state index in [1.807, 2.05) is 12.1 Å². The molecule has 0 fully saturated rings. The average molecular weight is 566 g/mol. The van der Waals surface area contributed by atoms with Gasteiger partial charge in [-0.25, -0.2) is 0 Å². The van der Waals surface area contributed by atoms with Gasteiger partial charge in [0, 0.05) is 27.8 Å². The number of hydrogen-bond acceptors (Lipinski definition) is 2. The van der Waals surface area contributed by atoms with Crippen LogP contribution in [-0.2, 0) is 0 Å². The molecule has 8 aromatic rings. The van der Waals surface area contributed by atoms with E-state index in [4.69, 9.17) is 4.42 Å². The molecule has 0 radical (unpaired) electrons. The molecule has 0 amide bonds. The highest BCUT2D eigenvalue weighted by Gasteiger charge is 2.16. The van der Waals surface area contributed by atoms with E-state index in [1.54, 1.807) is 0 Å². The second-order valence-corrected chi connectivity index (χ2v) is 11.6. The number of fused-ring (bicyclic) bond motifs is 4. The second kappa shape index (κ2) is 10.6. The summed E-state index contributed by atoms with van der Waals surface area (Å²) in [4.78, 5) is 2.34. The molecule has 0 aliphatic heterocycles. The van der Waals surface area contributed by atoms with Gasteiger partial charge in [-0.1, -0.05) is 103 Å². The Hall–Kier alpha value is -5.60. The van der Waals surface area contributed by atoms with Gasteiger partial charge in [0.25, 0.3) is 0 Å². The second-order valence-electron chi connectivity index (χ2n) is 11.6. The summed E-state index contributed by atoms with van der Waals surface area (Å²) in [5, 5.41) is 4.75. The third kappa shape index (κ3) is 4.62. The first kappa shape index (κ1) is 26.1. The van der Waals surface area contributed by atoms with Crippen LogP contribution in [0.2, 0.25) is 0 Å². The Bertz CT molecular complexity index is 2280. The van der Waals surface area contributed by atoms with Gasteiger partial charge in [-0.15, -0.1) is 0 Å². The Morgan fingerprint density at radius 2 is 1.07 bits per heavy atom. The van der Waals surface area contributed by atoms with E-state index >= 15 is 0 Å². The minimum atomic E-state index is 0.920. The van der Waals surface area contributed by atoms with Crippen LogP contribution in [0.5, 0.6) is 0 Å². The lowest BCUT2D eigenvalue weighted by Gasteiger charge is -2.26. The minimum Gasteiger partial charge on any atom is -0.456 e. The van der Waals surface area contributed by atoms with Gasteiger partial charge < -0.3 is 9.32 Å². The molecule has 0 spiro atoms. The van der Waals surface area contributed by atoms with Crippen molar-refractivity contribution in [3.05, 3.63) is 163 Å². The maximum Gasteiger partial charge on any atom is 0.136 e. The number of rotatable bonds is 5. The Balaban J connectivity index is 1.23. The molecular weight excluding hydrogens is 534 g/mol. The number of aryl methyl sites for hydroxylation is 2. The maximum absolute atomic E-state index is 6.24. The number of anilines is 3. The van der Waals surface area contributed by atoms with Crippen LogP contribution >= 0.6 is 0 Å². The zero-order valence-corrected chi connectivity index (χ0v) is 24.8. The van der Waals surface area contributed by atoms with E-state index in [9.17, 15) is 0 Å². The summed E-state index contributed by atoms with van der Waals surface area (Å²) in [7, 11) is 0. The van der Waals surface area contributed by atoms with Gasteiger partial charge in [-0.2, -0.15) is 0 Å². The van der Waals surface area contributed by atoms with Crippen LogP contribution in [0.3, 0.4) is 0 Å². The monoisotopic (exact) mass is 565 g/mol. The molecule has 1 heterocycles. The molecule has 2 heteroatoms. The average Bonchev–Trinajstić information content (AvgIpc) is 3.44. The number of nitrogens with zero attached hydrogens (tertiary/aromatic N) is 1. The van der Waals surface area contributed by atoms with E-state index < -0.39 is 0 Å². The van der Waals surface area contributed by atoms with E-state index in [0.717, 1.165) is 33.6 Å². The van der Waals surface area contributed by atoms with Gasteiger partial charge in [-0.05, 0) is 107 Å². The summed E-state index contributed by atoms with van der Waals surface area (Å²) in [6.45, 7) is 4.26. The first-order valence-electron chi connectivity index (χ1n) is 15.1. The van der Waals surface area contributed by atoms with Crippen molar-refractivity contribution in [3.8, 4) is 22.3 Å². The van der Waals surface area contributed by atoms with Crippen LogP contribution in [0, 0.1) is 13.8 Å². The van der Waals surface area contributed by atoms with Crippen molar-refractivity contribution in [1.29, 1.82) is 0 Å². The van der Waals surface area contributed by atoms with E-state index in [1.165, 1.54) is 49.5 Å². The molecule has 0 N–H and O–H groups in total. The quantitative estimate of drug-likeness (QED) is 0.206. The Labute approximate surface area is 257 Å². The molecule has 0 aliphatic carbocycles. The summed E-state index contributed by atoms with van der Waals surface area (Å²) >= 11 is 0. The summed E-state index contributed by atoms with van der Waals surface area (Å²) in [5.74, 6) is 0. The number of hydrogen-bond donors (Lipinski definition) is 0. The van der Waals surface area contributed by atoms with Crippen LogP contribution in [0.4, 0.5) is 17.1 Å². The highest BCUT2D eigenvalue weighted by Crippen LogP contribution is 2.41. The molecule has 210 valence electrons. The molecule has 0 aliphatic rings. The molecule has 2 nitrogen and oxygen atoms in total. The summed E-state index contributed by atoms with van der Waals surface area (Å²) in [6.07, 6.45) is 0. The zero-order chi connectivity index (χ0) is 29.6. The highest BCUT2D eigenvalue weighted by atomic mass is 16.3. The molecule has 0 saturated carbocycles. The summed E-state index contributed by atoms with van der Waals surface area (Å²) in [5.41, 5.74) is 12.5. The van der Waals surface area contributed by atoms with Gasteiger partial charge in [0.2, 0.25) is 0 Å². The molecule has 1 aromatic heterocycles. The molecule has 0 atom stereocenters. The lowest BCUT2D eigenvalue weighted by molar-refractivity contribution is 0.668. The summed E-state index contributed by atoms with van der Waals surface area (Å²) < 4.78 is 6.24. The summed E-state index contributed by atoms with van der Waals surface area (Å²) in [6, 6.07) is 54.4. The third-order valence-electron chi connectivity index (χ3n) is 8.54. The fourth-order valence-electron chi connectivity index (χ4n) is 6.33. The maximum atomic E-state index is 6.24. The largest absolute Gasteiger partial charge is 0.456 e. The van der Waals surface area contributed by atoms with Crippen molar-refractivity contribution in [3.63, 3.8) is 0 Å². The van der Waals surface area contributed by atoms with Crippen molar-refractivity contribution >= 4 is 49.8 Å². The zero-order valence-electron chi connectivity index (χ0n) is 24.8. The molecule has 8 rings (SSSR count). The predicted molar refractivity (Wildman–Crippen MR) is 186 cm³/mol. The molecule has 0 saturated heterocycles. The highest BCUT2D eigenvalue weighted by molar-refractivity contribution is 6.12. The topological polar surface area (TPSA) is 16.4 Å². The smallest absolute Gasteiger partial charge is 0.136 e. The Morgan fingerprint density at radius 1 is 0.432 bits per heavy atom. The van der Waals surface area contributed by atoms with E-state index in [0.29, 0.717) is 0 Å². The third-order valence-corrected chi connectivity index (χ3v) is 8.54. The Morgan fingerprint density at radius 3 is 1.86 bits per heavy atom. The van der Waals surface area contributed by atoms with Gasteiger partial charge in [-0.3, -0.25) is 0 Å². The van der Waals surface area contributed by atoms with Crippen molar-refractivity contribution in [1.82, 2.24) is 0 Å². The van der Waals surface area contributed by atoms with E-state index in [-0.39, 0.29) is 0 Å². The van der Waals surface area contributed by atoms with Crippen molar-refractivity contribution < 1.29 is 4.42 Å². The van der Waals surface area contributed by atoms with Crippen LogP contribution in [0.1, 0.15) is 11.1 Å². The number of benzene rings is 7. The van der Waals surface area contributed by atoms with Gasteiger partial charge in [0.15, 0.2) is 0 Å². The van der Waals surface area contributed by atoms with Crippen LogP contribution in [0.25, 0.3) is 55.0 Å². The fraction of sp³-hybridized carbons (Fsp3) is 0.0476. The predicted octanol–water partition coefficient (Wildman–Crippen LogP) is 12.2. The lowest BCUT2D eigenvalue weighted by atomic mass is 9.97. The number of para-hydroxylation sites is 1. The van der Waals surface area contributed by atoms with Gasteiger partial charge in [0.1, 0.15) is 11.2 Å². The first-order valence-corrected chi connectivity index (χ1v) is 15.1. The Kier molecular flexibility index (Phi) is 6.27. The molecular formula is C42H31NO. The van der Waals surface area contributed by atoms with Crippen LogP contribution in [-0.4, -0.2) is 0 Å². The molecule has 44 heavy (non-hydrogen) atoms. The van der Waals surface area contributed by atoms with Crippen LogP contribution in [0.15, 0.2) is 156 Å². The van der Waals surface area contributed by atoms with Crippen LogP contribution < -0.4 is 4.90 Å². The van der Waals surface area contributed by atoms with E-state index in [2.05, 4.69) is 158 Å². The molecule has 0 bridgehead atoms. The fourth-order valence-corrected chi connectivity index (χ4v) is 6.33.